The Morgan fingerprint density at radius 1 is 1.24 bits per heavy atom. The van der Waals surface area contributed by atoms with Crippen molar-refractivity contribution >= 4 is 5.91 Å². The molecule has 94 valence electrons. The first-order valence-corrected chi connectivity index (χ1v) is 6.33. The van der Waals surface area contributed by atoms with Crippen molar-refractivity contribution in [2.75, 3.05) is 13.1 Å². The summed E-state index contributed by atoms with van der Waals surface area (Å²) in [6.45, 7) is 2.21. The highest BCUT2D eigenvalue weighted by molar-refractivity contribution is 5.76. The van der Waals surface area contributed by atoms with Gasteiger partial charge in [0.1, 0.15) is 6.54 Å². The number of amides is 1. The zero-order chi connectivity index (χ0) is 12.1. The molecule has 1 aliphatic rings. The number of carbonyl (C=O) groups excluding carboxylic acids is 1. The second-order valence-corrected chi connectivity index (χ2v) is 4.65. The first-order chi connectivity index (χ1) is 8.29. The lowest BCUT2D eigenvalue weighted by molar-refractivity contribution is -0.131. The summed E-state index contributed by atoms with van der Waals surface area (Å²) < 4.78 is 1.85. The predicted octanol–water partition coefficient (Wildman–Crippen LogP) is 1.38. The number of aliphatic hydroxyl groups excluding tert-OH is 1. The van der Waals surface area contributed by atoms with Gasteiger partial charge in [-0.05, 0) is 24.5 Å². The van der Waals surface area contributed by atoms with E-state index in [9.17, 15) is 4.79 Å². The summed E-state index contributed by atoms with van der Waals surface area (Å²) in [5.41, 5.74) is 0.855. The van der Waals surface area contributed by atoms with Gasteiger partial charge in [0.05, 0.1) is 6.61 Å². The molecule has 0 bridgehead atoms. The van der Waals surface area contributed by atoms with Crippen LogP contribution in [0.2, 0.25) is 0 Å². The maximum atomic E-state index is 12.1. The Bertz CT molecular complexity index is 365. The van der Waals surface area contributed by atoms with Crippen LogP contribution in [0.25, 0.3) is 0 Å². The SMILES string of the molecule is O=C(Cn1ccc(CO)c1)N1CCCCCC1. The lowest BCUT2D eigenvalue weighted by atomic mass is 10.2. The summed E-state index contributed by atoms with van der Waals surface area (Å²) >= 11 is 0. The first kappa shape index (κ1) is 12.2. The van der Waals surface area contributed by atoms with Crippen LogP contribution in [-0.4, -0.2) is 33.6 Å². The molecule has 1 saturated heterocycles. The number of aromatic nitrogens is 1. The van der Waals surface area contributed by atoms with Crippen LogP contribution in [0.3, 0.4) is 0 Å². The van der Waals surface area contributed by atoms with Gasteiger partial charge < -0.3 is 14.6 Å². The molecule has 0 spiro atoms. The van der Waals surface area contributed by atoms with Crippen LogP contribution in [0.15, 0.2) is 18.5 Å². The minimum absolute atomic E-state index is 0.0326. The summed E-state index contributed by atoms with van der Waals surface area (Å²) in [7, 11) is 0. The van der Waals surface area contributed by atoms with Crippen molar-refractivity contribution in [3.8, 4) is 0 Å². The lowest BCUT2D eigenvalue weighted by Crippen LogP contribution is -2.34. The van der Waals surface area contributed by atoms with Crippen molar-refractivity contribution in [2.24, 2.45) is 0 Å². The summed E-state index contributed by atoms with van der Waals surface area (Å²) in [5, 5.41) is 8.96. The van der Waals surface area contributed by atoms with Crippen molar-refractivity contribution < 1.29 is 9.90 Å². The summed E-state index contributed by atoms with van der Waals surface area (Å²) in [5.74, 6) is 0.187. The molecule has 4 nitrogen and oxygen atoms in total. The molecular weight excluding hydrogens is 216 g/mol. The largest absolute Gasteiger partial charge is 0.392 e. The van der Waals surface area contributed by atoms with E-state index >= 15 is 0 Å². The van der Waals surface area contributed by atoms with Gasteiger partial charge in [-0.2, -0.15) is 0 Å². The van der Waals surface area contributed by atoms with Crippen LogP contribution in [0.1, 0.15) is 31.2 Å². The van der Waals surface area contributed by atoms with Crippen molar-refractivity contribution in [2.45, 2.75) is 38.8 Å². The number of likely N-dealkylation sites (tertiary alicyclic amines) is 1. The van der Waals surface area contributed by atoms with E-state index in [1.807, 2.05) is 27.9 Å². The standard InChI is InChI=1S/C13H20N2O2/c16-11-12-5-8-14(9-12)10-13(17)15-6-3-1-2-4-7-15/h5,8-9,16H,1-4,6-7,10-11H2. The molecule has 0 unspecified atom stereocenters. The fourth-order valence-electron chi connectivity index (χ4n) is 2.26. The lowest BCUT2D eigenvalue weighted by Gasteiger charge is -2.20. The molecule has 0 saturated carbocycles. The quantitative estimate of drug-likeness (QED) is 0.862. The van der Waals surface area contributed by atoms with E-state index in [1.165, 1.54) is 12.8 Å². The zero-order valence-corrected chi connectivity index (χ0v) is 10.1. The van der Waals surface area contributed by atoms with Gasteiger partial charge in [-0.25, -0.2) is 0 Å². The molecule has 0 aromatic carbocycles. The Balaban J connectivity index is 1.90. The van der Waals surface area contributed by atoms with Crippen LogP contribution in [0, 0.1) is 0 Å². The highest BCUT2D eigenvalue weighted by Gasteiger charge is 2.15. The third-order valence-corrected chi connectivity index (χ3v) is 3.27. The van der Waals surface area contributed by atoms with Crippen molar-refractivity contribution in [3.05, 3.63) is 24.0 Å². The van der Waals surface area contributed by atoms with Gasteiger partial charge in [0.2, 0.25) is 5.91 Å². The topological polar surface area (TPSA) is 45.5 Å². The number of aliphatic hydroxyl groups is 1. The monoisotopic (exact) mass is 236 g/mol. The van der Waals surface area contributed by atoms with E-state index in [0.717, 1.165) is 31.5 Å². The van der Waals surface area contributed by atoms with Crippen molar-refractivity contribution in [1.82, 2.24) is 9.47 Å². The summed E-state index contributed by atoms with van der Waals surface area (Å²) in [6.07, 6.45) is 8.40. The van der Waals surface area contributed by atoms with Crippen LogP contribution in [-0.2, 0) is 17.9 Å². The smallest absolute Gasteiger partial charge is 0.242 e. The molecule has 0 radical (unpaired) electrons. The Kier molecular flexibility index (Phi) is 4.20. The molecule has 4 heteroatoms. The summed E-state index contributed by atoms with van der Waals surface area (Å²) in [6, 6.07) is 1.84. The summed E-state index contributed by atoms with van der Waals surface area (Å²) in [4.78, 5) is 14.0. The zero-order valence-electron chi connectivity index (χ0n) is 10.1. The average molecular weight is 236 g/mol. The highest BCUT2D eigenvalue weighted by atomic mass is 16.3. The second-order valence-electron chi connectivity index (χ2n) is 4.65. The minimum Gasteiger partial charge on any atom is -0.392 e. The molecular formula is C13H20N2O2. The van der Waals surface area contributed by atoms with Gasteiger partial charge in [0.25, 0.3) is 0 Å². The molecule has 1 N–H and O–H groups in total. The maximum Gasteiger partial charge on any atom is 0.242 e. The molecule has 0 aliphatic carbocycles. The molecule has 1 aromatic rings. The van der Waals surface area contributed by atoms with E-state index < -0.39 is 0 Å². The van der Waals surface area contributed by atoms with E-state index in [-0.39, 0.29) is 12.5 Å². The van der Waals surface area contributed by atoms with E-state index in [1.54, 1.807) is 0 Å². The molecule has 2 rings (SSSR count). The Morgan fingerprint density at radius 3 is 2.53 bits per heavy atom. The van der Waals surface area contributed by atoms with Crippen LogP contribution in [0.5, 0.6) is 0 Å². The highest BCUT2D eigenvalue weighted by Crippen LogP contribution is 2.10. The molecule has 1 aliphatic heterocycles. The first-order valence-electron chi connectivity index (χ1n) is 6.33. The van der Waals surface area contributed by atoms with Gasteiger partial charge in [-0.3, -0.25) is 4.79 Å². The van der Waals surface area contributed by atoms with Gasteiger partial charge in [-0.15, -0.1) is 0 Å². The van der Waals surface area contributed by atoms with Gasteiger partial charge in [-0.1, -0.05) is 12.8 Å². The van der Waals surface area contributed by atoms with E-state index in [4.69, 9.17) is 5.11 Å². The van der Waals surface area contributed by atoms with Gasteiger partial charge in [0.15, 0.2) is 0 Å². The predicted molar refractivity (Wildman–Crippen MR) is 65.4 cm³/mol. The van der Waals surface area contributed by atoms with E-state index in [0.29, 0.717) is 6.54 Å². The molecule has 17 heavy (non-hydrogen) atoms. The molecule has 1 aromatic heterocycles. The molecule has 1 fully saturated rings. The number of hydrogen-bond acceptors (Lipinski definition) is 2. The van der Waals surface area contributed by atoms with Crippen LogP contribution < -0.4 is 0 Å². The number of rotatable bonds is 3. The minimum atomic E-state index is 0.0326. The van der Waals surface area contributed by atoms with Gasteiger partial charge >= 0.3 is 0 Å². The fourth-order valence-corrected chi connectivity index (χ4v) is 2.26. The van der Waals surface area contributed by atoms with Crippen molar-refractivity contribution in [3.63, 3.8) is 0 Å². The second kappa shape index (κ2) is 5.87. The maximum absolute atomic E-state index is 12.1. The number of nitrogens with zero attached hydrogens (tertiary/aromatic N) is 2. The van der Waals surface area contributed by atoms with Crippen LogP contribution in [0.4, 0.5) is 0 Å². The number of hydrogen-bond donors (Lipinski definition) is 1. The van der Waals surface area contributed by atoms with Crippen LogP contribution >= 0.6 is 0 Å². The van der Waals surface area contributed by atoms with Gasteiger partial charge in [0, 0.05) is 25.5 Å². The third-order valence-electron chi connectivity index (χ3n) is 3.27. The average Bonchev–Trinajstić information content (AvgIpc) is 2.62. The Hall–Kier alpha value is -1.29. The Labute approximate surface area is 102 Å². The normalized spacial score (nSPS) is 16.9. The molecule has 2 heterocycles. The molecule has 0 atom stereocenters. The van der Waals surface area contributed by atoms with Crippen molar-refractivity contribution in [1.29, 1.82) is 0 Å². The fraction of sp³-hybridized carbons (Fsp3) is 0.615. The number of carbonyl (C=O) groups is 1. The third kappa shape index (κ3) is 3.33. The van der Waals surface area contributed by atoms with E-state index in [2.05, 4.69) is 0 Å². The molecule has 1 amide bonds. The Morgan fingerprint density at radius 2 is 1.94 bits per heavy atom.